The molecular formula is C25H27N3O3S. The van der Waals surface area contributed by atoms with Crippen molar-refractivity contribution in [1.29, 1.82) is 5.41 Å². The van der Waals surface area contributed by atoms with Crippen molar-refractivity contribution in [1.82, 2.24) is 9.88 Å². The van der Waals surface area contributed by atoms with E-state index < -0.39 is 0 Å². The first-order chi connectivity index (χ1) is 15.6. The third-order valence-corrected chi connectivity index (χ3v) is 6.11. The third kappa shape index (κ3) is 4.62. The number of nitrogens with one attached hydrogen (secondary N) is 1. The molecule has 7 heteroatoms. The van der Waals surface area contributed by atoms with E-state index in [-0.39, 0.29) is 5.76 Å². The number of hydrogen-bond donors (Lipinski definition) is 2. The zero-order valence-corrected chi connectivity index (χ0v) is 19.1. The lowest BCUT2D eigenvalue weighted by atomic mass is 10.1. The predicted molar refractivity (Wildman–Crippen MR) is 129 cm³/mol. The Bertz CT molecular complexity index is 1120. The molecule has 4 rings (SSSR count). The number of rotatable bonds is 9. The molecule has 0 bridgehead atoms. The third-order valence-electron chi connectivity index (χ3n) is 5.25. The number of amidine groups is 1. The van der Waals surface area contributed by atoms with Gasteiger partial charge in [-0.1, -0.05) is 36.4 Å². The van der Waals surface area contributed by atoms with Crippen LogP contribution >= 0.6 is 11.3 Å². The first-order valence-corrected chi connectivity index (χ1v) is 11.6. The number of hydrogen-bond acceptors (Lipinski definition) is 6. The quantitative estimate of drug-likeness (QED) is 0.457. The summed E-state index contributed by atoms with van der Waals surface area (Å²) in [4.78, 5) is 6.56. The van der Waals surface area contributed by atoms with Crippen LogP contribution in [0.25, 0.3) is 16.8 Å². The minimum absolute atomic E-state index is 0.200. The van der Waals surface area contributed by atoms with Crippen molar-refractivity contribution in [3.05, 3.63) is 70.2 Å². The molecule has 2 aromatic carbocycles. The maximum atomic E-state index is 10.6. The standard InChI is InChI=1S/C25H27N3O3S/c1-3-30-21-11-10-17(14-22(21)31-4-2)12-13-28-15-20(29)23(24(28)26)25-27-19(16-32-25)18-8-6-5-7-9-18/h5-11,14,16,26,29H,3-4,12-13,15H2,1-2H3. The summed E-state index contributed by atoms with van der Waals surface area (Å²) in [6.45, 7) is 5.99. The van der Waals surface area contributed by atoms with E-state index in [1.807, 2.05) is 72.7 Å². The summed E-state index contributed by atoms with van der Waals surface area (Å²) < 4.78 is 11.4. The van der Waals surface area contributed by atoms with Gasteiger partial charge in [0, 0.05) is 17.5 Å². The van der Waals surface area contributed by atoms with Crippen molar-refractivity contribution in [2.75, 3.05) is 26.3 Å². The van der Waals surface area contributed by atoms with E-state index in [1.54, 1.807) is 0 Å². The van der Waals surface area contributed by atoms with Gasteiger partial charge >= 0.3 is 0 Å². The molecule has 0 unspecified atom stereocenters. The average Bonchev–Trinajstić information content (AvgIpc) is 3.39. The molecule has 0 spiro atoms. The summed E-state index contributed by atoms with van der Waals surface area (Å²) in [5, 5.41) is 21.9. The highest BCUT2D eigenvalue weighted by atomic mass is 32.1. The van der Waals surface area contributed by atoms with Crippen molar-refractivity contribution in [3.8, 4) is 22.8 Å². The smallest absolute Gasteiger partial charge is 0.161 e. The molecule has 32 heavy (non-hydrogen) atoms. The van der Waals surface area contributed by atoms with E-state index in [4.69, 9.17) is 14.9 Å². The van der Waals surface area contributed by atoms with Crippen LogP contribution in [0.4, 0.5) is 0 Å². The highest BCUT2D eigenvalue weighted by Crippen LogP contribution is 2.33. The molecule has 0 atom stereocenters. The van der Waals surface area contributed by atoms with E-state index in [2.05, 4.69) is 4.98 Å². The minimum Gasteiger partial charge on any atom is -0.510 e. The van der Waals surface area contributed by atoms with Crippen molar-refractivity contribution < 1.29 is 14.6 Å². The predicted octanol–water partition coefficient (Wildman–Crippen LogP) is 5.41. The molecule has 0 saturated carbocycles. The SMILES string of the molecule is CCOc1ccc(CCN2CC(O)=C(c3nc(-c4ccccc4)cs3)C2=N)cc1OCC. The van der Waals surface area contributed by atoms with E-state index in [0.717, 1.165) is 34.7 Å². The molecule has 1 aliphatic rings. The number of aromatic nitrogens is 1. The fourth-order valence-corrected chi connectivity index (χ4v) is 4.59. The van der Waals surface area contributed by atoms with Crippen molar-refractivity contribution >= 4 is 22.7 Å². The highest BCUT2D eigenvalue weighted by molar-refractivity contribution is 7.11. The fourth-order valence-electron chi connectivity index (χ4n) is 3.69. The Labute approximate surface area is 192 Å². The maximum absolute atomic E-state index is 10.6. The number of aliphatic hydroxyl groups is 1. The van der Waals surface area contributed by atoms with Gasteiger partial charge in [0.05, 0.1) is 31.0 Å². The van der Waals surface area contributed by atoms with Gasteiger partial charge in [-0.2, -0.15) is 0 Å². The van der Waals surface area contributed by atoms with Crippen LogP contribution in [-0.2, 0) is 6.42 Å². The Morgan fingerprint density at radius 3 is 2.56 bits per heavy atom. The summed E-state index contributed by atoms with van der Waals surface area (Å²) in [6.07, 6.45) is 0.725. The molecule has 2 heterocycles. The van der Waals surface area contributed by atoms with Gasteiger partial charge in [0.25, 0.3) is 0 Å². The van der Waals surface area contributed by atoms with Crippen molar-refractivity contribution in [2.45, 2.75) is 20.3 Å². The number of nitrogens with zero attached hydrogens (tertiary/aromatic N) is 2. The van der Waals surface area contributed by atoms with Gasteiger partial charge in [-0.05, 0) is 38.0 Å². The molecule has 0 saturated heterocycles. The summed E-state index contributed by atoms with van der Waals surface area (Å²) in [7, 11) is 0. The topological polar surface area (TPSA) is 78.7 Å². The number of benzene rings is 2. The van der Waals surface area contributed by atoms with Crippen LogP contribution in [0.15, 0.2) is 59.7 Å². The molecule has 0 amide bonds. The zero-order chi connectivity index (χ0) is 22.5. The van der Waals surface area contributed by atoms with Gasteiger partial charge in [-0.3, -0.25) is 5.41 Å². The van der Waals surface area contributed by atoms with E-state index >= 15 is 0 Å². The number of aliphatic hydroxyl groups excluding tert-OH is 1. The largest absolute Gasteiger partial charge is 0.510 e. The van der Waals surface area contributed by atoms with E-state index in [9.17, 15) is 5.11 Å². The second-order valence-corrected chi connectivity index (χ2v) is 8.25. The van der Waals surface area contributed by atoms with Crippen molar-refractivity contribution in [2.24, 2.45) is 0 Å². The zero-order valence-electron chi connectivity index (χ0n) is 18.3. The molecule has 1 aromatic heterocycles. The van der Waals surface area contributed by atoms with Crippen LogP contribution in [0.2, 0.25) is 0 Å². The van der Waals surface area contributed by atoms with Gasteiger partial charge in [0.1, 0.15) is 16.6 Å². The number of ether oxygens (including phenoxy) is 2. The Kier molecular flexibility index (Phi) is 6.75. The highest BCUT2D eigenvalue weighted by Gasteiger charge is 2.30. The lowest BCUT2D eigenvalue weighted by molar-refractivity contribution is 0.287. The van der Waals surface area contributed by atoms with Crippen LogP contribution in [-0.4, -0.2) is 47.1 Å². The van der Waals surface area contributed by atoms with Gasteiger partial charge in [-0.25, -0.2) is 4.98 Å². The van der Waals surface area contributed by atoms with Gasteiger partial charge < -0.3 is 19.5 Å². The Morgan fingerprint density at radius 1 is 1.06 bits per heavy atom. The molecule has 3 aromatic rings. The van der Waals surface area contributed by atoms with Crippen LogP contribution in [0.5, 0.6) is 11.5 Å². The molecule has 0 fully saturated rings. The normalized spacial score (nSPS) is 13.7. The molecule has 0 aliphatic carbocycles. The summed E-state index contributed by atoms with van der Waals surface area (Å²) >= 11 is 1.45. The summed E-state index contributed by atoms with van der Waals surface area (Å²) in [5.74, 6) is 1.99. The van der Waals surface area contributed by atoms with Gasteiger partial charge in [0.15, 0.2) is 11.5 Å². The molecule has 6 nitrogen and oxygen atoms in total. The minimum atomic E-state index is 0.200. The Balaban J connectivity index is 1.44. The monoisotopic (exact) mass is 449 g/mol. The van der Waals surface area contributed by atoms with Crippen LogP contribution in [0.3, 0.4) is 0 Å². The fraction of sp³-hybridized carbons (Fsp3) is 0.280. The van der Waals surface area contributed by atoms with E-state index in [0.29, 0.717) is 42.7 Å². The van der Waals surface area contributed by atoms with Gasteiger partial charge in [-0.15, -0.1) is 11.3 Å². The second kappa shape index (κ2) is 9.87. The van der Waals surface area contributed by atoms with E-state index in [1.165, 1.54) is 11.3 Å². The summed E-state index contributed by atoms with van der Waals surface area (Å²) in [6, 6.07) is 15.9. The second-order valence-electron chi connectivity index (χ2n) is 7.39. The molecule has 0 radical (unpaired) electrons. The molecule has 2 N–H and O–H groups in total. The Hall–Kier alpha value is -3.32. The van der Waals surface area contributed by atoms with Crippen LogP contribution < -0.4 is 9.47 Å². The molecule has 166 valence electrons. The van der Waals surface area contributed by atoms with Crippen LogP contribution in [0.1, 0.15) is 24.4 Å². The van der Waals surface area contributed by atoms with Gasteiger partial charge in [0.2, 0.25) is 0 Å². The first-order valence-electron chi connectivity index (χ1n) is 10.8. The maximum Gasteiger partial charge on any atom is 0.161 e. The summed E-state index contributed by atoms with van der Waals surface area (Å²) in [5.41, 5.74) is 3.50. The number of thiazole rings is 1. The van der Waals surface area contributed by atoms with Crippen LogP contribution in [0, 0.1) is 5.41 Å². The molecular weight excluding hydrogens is 422 g/mol. The molecule has 1 aliphatic heterocycles. The average molecular weight is 450 g/mol. The first kappa shape index (κ1) is 21.9. The lowest BCUT2D eigenvalue weighted by Gasteiger charge is -2.19. The Morgan fingerprint density at radius 2 is 1.81 bits per heavy atom. The van der Waals surface area contributed by atoms with Crippen molar-refractivity contribution in [3.63, 3.8) is 0 Å². The lowest BCUT2D eigenvalue weighted by Crippen LogP contribution is -2.28.